The maximum absolute atomic E-state index is 9.61. The van der Waals surface area contributed by atoms with Gasteiger partial charge in [-0.3, -0.25) is 0 Å². The number of hydrogen-bond donors (Lipinski definition) is 1. The van der Waals surface area contributed by atoms with E-state index in [1.165, 1.54) is 49.7 Å². The van der Waals surface area contributed by atoms with Gasteiger partial charge in [-0.15, -0.1) is 0 Å². The topological polar surface area (TPSA) is 48.9 Å². The third-order valence-corrected chi connectivity index (χ3v) is 12.0. The molecule has 2 aromatic heterocycles. The van der Waals surface area contributed by atoms with Crippen molar-refractivity contribution in [2.45, 2.75) is 13.3 Å². The number of hydrogen-bond acceptors (Lipinski definition) is 3. The van der Waals surface area contributed by atoms with E-state index in [0.717, 1.165) is 51.7 Å². The number of benzene rings is 8. The highest BCUT2D eigenvalue weighted by Crippen LogP contribution is 2.42. The summed E-state index contributed by atoms with van der Waals surface area (Å²) in [5.74, 6) is 0.468. The number of aromatic nitrogens is 2. The lowest BCUT2D eigenvalue weighted by Crippen LogP contribution is -2.10. The molecule has 0 aliphatic heterocycles. The monoisotopic (exact) mass is 783 g/mol. The van der Waals surface area contributed by atoms with E-state index in [4.69, 9.17) is 0 Å². The highest BCUT2D eigenvalue weighted by atomic mass is 15.1. The van der Waals surface area contributed by atoms with Crippen LogP contribution in [-0.4, -0.2) is 9.13 Å². The van der Waals surface area contributed by atoms with Gasteiger partial charge < -0.3 is 19.4 Å². The third kappa shape index (κ3) is 6.43. The van der Waals surface area contributed by atoms with Crippen molar-refractivity contribution < 1.29 is 0 Å². The van der Waals surface area contributed by atoms with Gasteiger partial charge in [0.25, 0.3) is 0 Å². The van der Waals surface area contributed by atoms with Crippen LogP contribution in [0.1, 0.15) is 23.7 Å². The fourth-order valence-corrected chi connectivity index (χ4v) is 9.14. The van der Waals surface area contributed by atoms with Gasteiger partial charge in [0.15, 0.2) is 0 Å². The molecule has 0 bridgehead atoms. The second-order valence-corrected chi connectivity index (χ2v) is 15.9. The standard InChI is InChI=1S/C56H41N5/c1-38-16-31-50-52-36-48(30-33-55(52)61(56(50)34-38)45-12-6-3-7-13-45)59(46-26-17-39(37-57)18-27-46)47-28-21-41(22-29-47)40-19-23-42(24-20-40)58-43-25-32-54-51(35-43)49-14-8-9-15-53(49)60(54)44-10-4-2-5-11-44/h2-33,35-36,38,58H,34H2,1H3. The number of para-hydroxylation sites is 3. The van der Waals surface area contributed by atoms with E-state index in [-0.39, 0.29) is 0 Å². The predicted octanol–water partition coefficient (Wildman–Crippen LogP) is 14.7. The van der Waals surface area contributed by atoms with Crippen LogP contribution in [0.25, 0.3) is 61.3 Å². The third-order valence-electron chi connectivity index (χ3n) is 12.0. The summed E-state index contributed by atoms with van der Waals surface area (Å²) in [6.45, 7) is 2.29. The SMILES string of the molecule is CC1C=Cc2c(n(-c3ccccc3)c3ccc(N(c4ccc(C#N)cc4)c4ccc(-c5ccc(Nc6ccc7c(c6)c6ccccc6n7-c6ccccc6)cc5)cc4)cc23)C1. The van der Waals surface area contributed by atoms with Crippen LogP contribution < -0.4 is 10.2 Å². The molecular formula is C56H41N5. The molecule has 0 fully saturated rings. The normalized spacial score (nSPS) is 13.3. The van der Waals surface area contributed by atoms with Gasteiger partial charge in [-0.05, 0) is 139 Å². The first kappa shape index (κ1) is 36.0. The van der Waals surface area contributed by atoms with E-state index in [1.807, 2.05) is 24.3 Å². The first-order valence-electron chi connectivity index (χ1n) is 20.9. The second-order valence-electron chi connectivity index (χ2n) is 15.9. The van der Waals surface area contributed by atoms with E-state index in [0.29, 0.717) is 11.5 Å². The molecule has 1 atom stereocenters. The summed E-state index contributed by atoms with van der Waals surface area (Å²) in [5, 5.41) is 16.9. The lowest BCUT2D eigenvalue weighted by molar-refractivity contribution is 0.690. The van der Waals surface area contributed by atoms with E-state index in [2.05, 4.69) is 214 Å². The molecular weight excluding hydrogens is 743 g/mol. The van der Waals surface area contributed by atoms with E-state index < -0.39 is 0 Å². The molecule has 5 nitrogen and oxygen atoms in total. The number of rotatable bonds is 8. The lowest BCUT2D eigenvalue weighted by Gasteiger charge is -2.26. The highest BCUT2D eigenvalue weighted by Gasteiger charge is 2.23. The molecule has 1 N–H and O–H groups in total. The van der Waals surface area contributed by atoms with Gasteiger partial charge in [0.1, 0.15) is 0 Å². The molecule has 11 rings (SSSR count). The fraction of sp³-hybridized carbons (Fsp3) is 0.0536. The Morgan fingerprint density at radius 3 is 1.79 bits per heavy atom. The van der Waals surface area contributed by atoms with Crippen LogP contribution in [-0.2, 0) is 6.42 Å². The number of nitrogens with zero attached hydrogens (tertiary/aromatic N) is 4. The first-order chi connectivity index (χ1) is 30.1. The smallest absolute Gasteiger partial charge is 0.0991 e. The lowest BCUT2D eigenvalue weighted by atomic mass is 9.94. The summed E-state index contributed by atoms with van der Waals surface area (Å²) >= 11 is 0. The van der Waals surface area contributed by atoms with Crippen LogP contribution in [0.2, 0.25) is 0 Å². The zero-order valence-electron chi connectivity index (χ0n) is 33.7. The highest BCUT2D eigenvalue weighted by molar-refractivity contribution is 6.10. The summed E-state index contributed by atoms with van der Waals surface area (Å²) in [6.07, 6.45) is 5.62. The van der Waals surface area contributed by atoms with Gasteiger partial charge in [-0.25, -0.2) is 0 Å². The number of fused-ring (bicyclic) bond motifs is 6. The van der Waals surface area contributed by atoms with Gasteiger partial charge in [0.2, 0.25) is 0 Å². The zero-order valence-corrected chi connectivity index (χ0v) is 33.7. The molecule has 1 aliphatic carbocycles. The van der Waals surface area contributed by atoms with Gasteiger partial charge in [0, 0.05) is 67.2 Å². The fourth-order valence-electron chi connectivity index (χ4n) is 9.14. The van der Waals surface area contributed by atoms with Crippen LogP contribution >= 0.6 is 0 Å². The maximum Gasteiger partial charge on any atom is 0.0991 e. The maximum atomic E-state index is 9.61. The molecule has 61 heavy (non-hydrogen) atoms. The summed E-state index contributed by atoms with van der Waals surface area (Å²) in [6, 6.07) is 70.9. The molecule has 0 spiro atoms. The van der Waals surface area contributed by atoms with Crippen LogP contribution in [0.3, 0.4) is 0 Å². The second kappa shape index (κ2) is 14.9. The molecule has 0 radical (unpaired) electrons. The molecule has 8 aromatic carbocycles. The largest absolute Gasteiger partial charge is 0.356 e. The summed E-state index contributed by atoms with van der Waals surface area (Å²) < 4.78 is 4.77. The quantitative estimate of drug-likeness (QED) is 0.167. The number of anilines is 5. The minimum absolute atomic E-state index is 0.468. The molecule has 10 aromatic rings. The molecule has 290 valence electrons. The number of allylic oxidation sites excluding steroid dienone is 1. The Morgan fingerprint density at radius 1 is 0.525 bits per heavy atom. The Hall–Kier alpha value is -8.07. The Balaban J connectivity index is 0.907. The van der Waals surface area contributed by atoms with Crippen LogP contribution in [0, 0.1) is 17.2 Å². The average Bonchev–Trinajstić information content (AvgIpc) is 3.82. The van der Waals surface area contributed by atoms with Gasteiger partial charge in [0.05, 0.1) is 28.2 Å². The number of nitrogens with one attached hydrogen (secondary N) is 1. The Bertz CT molecular complexity index is 3300. The molecule has 0 amide bonds. The van der Waals surface area contributed by atoms with Gasteiger partial charge in [-0.1, -0.05) is 97.9 Å². The van der Waals surface area contributed by atoms with Crippen LogP contribution in [0.15, 0.2) is 200 Å². The van der Waals surface area contributed by atoms with Gasteiger partial charge in [-0.2, -0.15) is 5.26 Å². The molecule has 1 unspecified atom stereocenters. The molecule has 1 aliphatic rings. The Morgan fingerprint density at radius 2 is 1.08 bits per heavy atom. The van der Waals surface area contributed by atoms with Crippen molar-refractivity contribution in [3.8, 4) is 28.6 Å². The molecule has 2 heterocycles. The number of nitriles is 1. The Kier molecular flexibility index (Phi) is 8.83. The van der Waals surface area contributed by atoms with Crippen molar-refractivity contribution in [3.05, 3.63) is 217 Å². The first-order valence-corrected chi connectivity index (χ1v) is 20.9. The average molecular weight is 784 g/mol. The predicted molar refractivity (Wildman–Crippen MR) is 254 cm³/mol. The van der Waals surface area contributed by atoms with Crippen molar-refractivity contribution in [2.24, 2.45) is 5.92 Å². The van der Waals surface area contributed by atoms with Gasteiger partial charge >= 0.3 is 0 Å². The van der Waals surface area contributed by atoms with E-state index in [9.17, 15) is 5.26 Å². The Labute approximate surface area is 355 Å². The molecule has 0 saturated carbocycles. The molecule has 5 heteroatoms. The van der Waals surface area contributed by atoms with Crippen molar-refractivity contribution >= 4 is 67.2 Å². The van der Waals surface area contributed by atoms with E-state index in [1.54, 1.807) is 0 Å². The summed E-state index contributed by atoms with van der Waals surface area (Å²) in [5.41, 5.74) is 16.6. The van der Waals surface area contributed by atoms with Crippen molar-refractivity contribution in [1.29, 1.82) is 5.26 Å². The van der Waals surface area contributed by atoms with Crippen molar-refractivity contribution in [3.63, 3.8) is 0 Å². The minimum Gasteiger partial charge on any atom is -0.356 e. The van der Waals surface area contributed by atoms with Crippen molar-refractivity contribution in [2.75, 3.05) is 10.2 Å². The van der Waals surface area contributed by atoms with Crippen LogP contribution in [0.4, 0.5) is 28.4 Å². The molecule has 0 saturated heterocycles. The van der Waals surface area contributed by atoms with Crippen LogP contribution in [0.5, 0.6) is 0 Å². The van der Waals surface area contributed by atoms with E-state index >= 15 is 0 Å². The zero-order chi connectivity index (χ0) is 40.9. The minimum atomic E-state index is 0.468. The van der Waals surface area contributed by atoms with Crippen molar-refractivity contribution in [1.82, 2.24) is 9.13 Å². The summed E-state index contributed by atoms with van der Waals surface area (Å²) in [7, 11) is 0. The summed E-state index contributed by atoms with van der Waals surface area (Å²) in [4.78, 5) is 2.28.